The lowest BCUT2D eigenvalue weighted by Gasteiger charge is -2.28. The van der Waals surface area contributed by atoms with Crippen molar-refractivity contribution in [3.05, 3.63) is 29.0 Å². The summed E-state index contributed by atoms with van der Waals surface area (Å²) in [5.74, 6) is 0.634. The zero-order valence-electron chi connectivity index (χ0n) is 11.1. The molecular formula is C13H18ClN5S. The van der Waals surface area contributed by atoms with E-state index < -0.39 is 0 Å². The van der Waals surface area contributed by atoms with E-state index in [0.29, 0.717) is 30.0 Å². The average molecular weight is 312 g/mol. The number of hydrogen-bond donors (Lipinski definition) is 3. The first-order valence-corrected chi connectivity index (χ1v) is 7.40. The number of hydrogen-bond acceptors (Lipinski definition) is 3. The molecule has 1 saturated carbocycles. The summed E-state index contributed by atoms with van der Waals surface area (Å²) in [5, 5.41) is 7.06. The summed E-state index contributed by atoms with van der Waals surface area (Å²) < 4.78 is 0. The number of halogens is 1. The first-order chi connectivity index (χ1) is 9.65. The molecule has 0 atom stereocenters. The van der Waals surface area contributed by atoms with Gasteiger partial charge in [0.25, 0.3) is 0 Å². The fourth-order valence-electron chi connectivity index (χ4n) is 1.86. The van der Waals surface area contributed by atoms with Crippen LogP contribution in [0.2, 0.25) is 5.02 Å². The molecule has 0 spiro atoms. The van der Waals surface area contributed by atoms with Crippen LogP contribution in [0.3, 0.4) is 0 Å². The highest BCUT2D eigenvalue weighted by Gasteiger charge is 2.18. The second-order valence-electron chi connectivity index (χ2n) is 4.67. The Morgan fingerprint density at radius 3 is 2.95 bits per heavy atom. The van der Waals surface area contributed by atoms with Gasteiger partial charge in [-0.25, -0.2) is 0 Å². The first kappa shape index (κ1) is 15.0. The molecule has 7 heteroatoms. The molecule has 108 valence electrons. The van der Waals surface area contributed by atoms with Gasteiger partial charge in [0, 0.05) is 25.2 Å². The lowest BCUT2D eigenvalue weighted by molar-refractivity contribution is 0.381. The van der Waals surface area contributed by atoms with Crippen LogP contribution in [-0.4, -0.2) is 28.6 Å². The van der Waals surface area contributed by atoms with Gasteiger partial charge in [0.1, 0.15) is 0 Å². The summed E-state index contributed by atoms with van der Waals surface area (Å²) in [6, 6.07) is 4.11. The minimum atomic E-state index is 0.214. The lowest BCUT2D eigenvalue weighted by Crippen LogP contribution is -2.49. The number of thiocarbonyl (C=S) groups is 1. The number of nitrogens with zero attached hydrogens (tertiary/aromatic N) is 2. The highest BCUT2D eigenvalue weighted by atomic mass is 35.5. The van der Waals surface area contributed by atoms with Gasteiger partial charge in [0.15, 0.2) is 11.1 Å². The zero-order valence-corrected chi connectivity index (χ0v) is 12.7. The number of nitrogens with two attached hydrogens (primary N) is 1. The van der Waals surface area contributed by atoms with Crippen molar-refractivity contribution >= 4 is 34.9 Å². The van der Waals surface area contributed by atoms with Crippen molar-refractivity contribution in [1.29, 1.82) is 0 Å². The Balaban J connectivity index is 1.90. The summed E-state index contributed by atoms with van der Waals surface area (Å²) in [7, 11) is 0. The Morgan fingerprint density at radius 2 is 2.35 bits per heavy atom. The van der Waals surface area contributed by atoms with Crippen LogP contribution >= 0.6 is 23.8 Å². The van der Waals surface area contributed by atoms with Crippen LogP contribution in [0.1, 0.15) is 25.0 Å². The van der Waals surface area contributed by atoms with E-state index >= 15 is 0 Å². The van der Waals surface area contributed by atoms with E-state index in [2.05, 4.69) is 20.6 Å². The van der Waals surface area contributed by atoms with Gasteiger partial charge < -0.3 is 16.4 Å². The van der Waals surface area contributed by atoms with Crippen molar-refractivity contribution in [2.45, 2.75) is 31.7 Å². The molecule has 20 heavy (non-hydrogen) atoms. The average Bonchev–Trinajstić information content (AvgIpc) is 2.35. The lowest BCUT2D eigenvalue weighted by atomic mass is 9.93. The Bertz CT molecular complexity index is 501. The highest BCUT2D eigenvalue weighted by molar-refractivity contribution is 7.80. The van der Waals surface area contributed by atoms with Crippen LogP contribution < -0.4 is 16.4 Å². The fraction of sp³-hybridized carbons (Fsp3) is 0.462. The standard InChI is InChI=1S/C13H18ClN5S/c14-10-5-2-7-16-11(10)6-8-17-13(19-12(15)20)18-9-3-1-4-9/h2,5,7,9H,1,3-4,6,8H2,(H4,15,17,18,19,20). The number of guanidine groups is 1. The third-order valence-corrected chi connectivity index (χ3v) is 3.59. The van der Waals surface area contributed by atoms with E-state index in [1.807, 2.05) is 12.1 Å². The number of aromatic nitrogens is 1. The van der Waals surface area contributed by atoms with Gasteiger partial charge in [-0.15, -0.1) is 0 Å². The van der Waals surface area contributed by atoms with Crippen LogP contribution in [0.5, 0.6) is 0 Å². The van der Waals surface area contributed by atoms with Gasteiger partial charge in [-0.3, -0.25) is 9.98 Å². The van der Waals surface area contributed by atoms with Crippen molar-refractivity contribution in [2.24, 2.45) is 10.7 Å². The van der Waals surface area contributed by atoms with Crippen LogP contribution in [0, 0.1) is 0 Å². The maximum Gasteiger partial charge on any atom is 0.197 e. The summed E-state index contributed by atoms with van der Waals surface area (Å²) in [5.41, 5.74) is 6.35. The van der Waals surface area contributed by atoms with Crippen molar-refractivity contribution in [1.82, 2.24) is 15.6 Å². The number of aliphatic imine (C=N–C) groups is 1. The van der Waals surface area contributed by atoms with E-state index in [4.69, 9.17) is 29.6 Å². The Morgan fingerprint density at radius 1 is 1.55 bits per heavy atom. The number of rotatable bonds is 4. The quantitative estimate of drug-likeness (QED) is 0.447. The predicted molar refractivity (Wildman–Crippen MR) is 85.9 cm³/mol. The van der Waals surface area contributed by atoms with E-state index in [0.717, 1.165) is 18.5 Å². The topological polar surface area (TPSA) is 75.3 Å². The molecule has 0 amide bonds. The molecule has 0 aromatic carbocycles. The summed E-state index contributed by atoms with van der Waals surface area (Å²) in [6.45, 7) is 0.571. The molecule has 0 saturated heterocycles. The normalized spacial score (nSPS) is 15.6. The van der Waals surface area contributed by atoms with Gasteiger partial charge in [0.2, 0.25) is 0 Å². The third-order valence-electron chi connectivity index (χ3n) is 3.14. The number of nitrogens with one attached hydrogen (secondary N) is 2. The second kappa shape index (κ2) is 7.40. The SMILES string of the molecule is NC(=S)NC(=NCCc1ncccc1Cl)NC1CCC1. The van der Waals surface area contributed by atoms with Crippen molar-refractivity contribution in [3.63, 3.8) is 0 Å². The molecule has 0 aliphatic heterocycles. The third kappa shape index (κ3) is 4.61. The Labute approximate surface area is 129 Å². The van der Waals surface area contributed by atoms with Crippen molar-refractivity contribution in [3.8, 4) is 0 Å². The zero-order chi connectivity index (χ0) is 14.4. The molecule has 1 aliphatic carbocycles. The van der Waals surface area contributed by atoms with E-state index in [-0.39, 0.29) is 5.11 Å². The molecular weight excluding hydrogens is 294 g/mol. The van der Waals surface area contributed by atoms with Gasteiger partial charge in [-0.05, 0) is 43.6 Å². The van der Waals surface area contributed by atoms with Crippen LogP contribution in [-0.2, 0) is 6.42 Å². The van der Waals surface area contributed by atoms with Gasteiger partial charge >= 0.3 is 0 Å². The second-order valence-corrected chi connectivity index (χ2v) is 5.52. The Kier molecular flexibility index (Phi) is 5.55. The minimum Gasteiger partial charge on any atom is -0.376 e. The molecule has 1 heterocycles. The molecule has 0 radical (unpaired) electrons. The molecule has 0 bridgehead atoms. The summed E-state index contributed by atoms with van der Waals surface area (Å²) >= 11 is 10.9. The van der Waals surface area contributed by atoms with E-state index in [1.165, 1.54) is 6.42 Å². The van der Waals surface area contributed by atoms with E-state index in [1.54, 1.807) is 6.20 Å². The minimum absolute atomic E-state index is 0.214. The first-order valence-electron chi connectivity index (χ1n) is 6.62. The van der Waals surface area contributed by atoms with Crippen LogP contribution in [0.25, 0.3) is 0 Å². The molecule has 0 unspecified atom stereocenters. The molecule has 5 nitrogen and oxygen atoms in total. The molecule has 2 rings (SSSR count). The van der Waals surface area contributed by atoms with Crippen molar-refractivity contribution in [2.75, 3.05) is 6.54 Å². The molecule has 1 aromatic heterocycles. The predicted octanol–water partition coefficient (Wildman–Crippen LogP) is 1.61. The Hall–Kier alpha value is -1.40. The fourth-order valence-corrected chi connectivity index (χ4v) is 2.17. The molecule has 4 N–H and O–H groups in total. The van der Waals surface area contributed by atoms with Crippen LogP contribution in [0.4, 0.5) is 0 Å². The summed E-state index contributed by atoms with van der Waals surface area (Å²) in [6.07, 6.45) is 5.97. The molecule has 1 aliphatic rings. The maximum absolute atomic E-state index is 6.06. The number of pyridine rings is 1. The maximum atomic E-state index is 6.06. The molecule has 1 aromatic rings. The molecule has 1 fully saturated rings. The van der Waals surface area contributed by atoms with Crippen molar-refractivity contribution < 1.29 is 0 Å². The highest BCUT2D eigenvalue weighted by Crippen LogP contribution is 2.17. The van der Waals surface area contributed by atoms with Crippen LogP contribution in [0.15, 0.2) is 23.3 Å². The van der Waals surface area contributed by atoms with Gasteiger partial charge in [-0.1, -0.05) is 11.6 Å². The van der Waals surface area contributed by atoms with Gasteiger partial charge in [-0.2, -0.15) is 0 Å². The summed E-state index contributed by atoms with van der Waals surface area (Å²) in [4.78, 5) is 8.68. The largest absolute Gasteiger partial charge is 0.376 e. The monoisotopic (exact) mass is 311 g/mol. The smallest absolute Gasteiger partial charge is 0.197 e. The van der Waals surface area contributed by atoms with E-state index in [9.17, 15) is 0 Å². The van der Waals surface area contributed by atoms with Gasteiger partial charge in [0.05, 0.1) is 10.7 Å².